The smallest absolute Gasteiger partial charge is 0.408 e. The largest absolute Gasteiger partial charge is 0.445 e. The number of carbonyl (C=O) groups is 2. The third-order valence-corrected chi connectivity index (χ3v) is 2.76. The number of nitrogens with one attached hydrogen (secondary N) is 2. The van der Waals surface area contributed by atoms with Gasteiger partial charge in [0.05, 0.1) is 0 Å². The lowest BCUT2D eigenvalue weighted by Crippen LogP contribution is -2.45. The molecule has 2 amide bonds. The summed E-state index contributed by atoms with van der Waals surface area (Å²) in [7, 11) is 1.61. The van der Waals surface area contributed by atoms with E-state index in [4.69, 9.17) is 9.47 Å². The van der Waals surface area contributed by atoms with Crippen LogP contribution in [0.15, 0.2) is 30.3 Å². The second kappa shape index (κ2) is 9.77. The van der Waals surface area contributed by atoms with Gasteiger partial charge in [-0.2, -0.15) is 0 Å². The molecule has 1 rings (SSSR count). The van der Waals surface area contributed by atoms with Gasteiger partial charge in [-0.1, -0.05) is 30.3 Å². The van der Waals surface area contributed by atoms with E-state index in [9.17, 15) is 9.59 Å². The van der Waals surface area contributed by atoms with Crippen LogP contribution in [0, 0.1) is 0 Å². The fraction of sp³-hybridized carbons (Fsp3) is 0.467. The van der Waals surface area contributed by atoms with Gasteiger partial charge in [0.1, 0.15) is 12.6 Å². The van der Waals surface area contributed by atoms with E-state index in [2.05, 4.69) is 10.6 Å². The molecule has 1 aromatic rings. The Labute approximate surface area is 124 Å². The van der Waals surface area contributed by atoms with Crippen molar-refractivity contribution < 1.29 is 19.1 Å². The summed E-state index contributed by atoms with van der Waals surface area (Å²) in [6, 6.07) is 8.70. The molecule has 2 N–H and O–H groups in total. The molecule has 0 aliphatic rings. The maximum Gasteiger partial charge on any atom is 0.408 e. The Bertz CT molecular complexity index is 437. The molecule has 0 saturated carbocycles. The van der Waals surface area contributed by atoms with Crippen molar-refractivity contribution in [3.8, 4) is 0 Å². The molecule has 0 fully saturated rings. The lowest BCUT2D eigenvalue weighted by molar-refractivity contribution is -0.122. The number of benzene rings is 1. The standard InChI is InChI=1S/C15H22N2O4/c1-12(14(18)16-9-6-10-20-2)17-15(19)21-11-13-7-4-3-5-8-13/h3-5,7-8,12H,6,9-11H2,1-2H3,(H,16,18)(H,17,19). The quantitative estimate of drug-likeness (QED) is 0.712. The monoisotopic (exact) mass is 294 g/mol. The maximum atomic E-state index is 11.7. The summed E-state index contributed by atoms with van der Waals surface area (Å²) >= 11 is 0. The number of hydrogen-bond donors (Lipinski definition) is 2. The SMILES string of the molecule is COCCCNC(=O)C(C)NC(=O)OCc1ccccc1. The third kappa shape index (κ3) is 7.31. The van der Waals surface area contributed by atoms with Crippen LogP contribution in [0.5, 0.6) is 0 Å². The molecule has 6 nitrogen and oxygen atoms in total. The molecule has 0 aromatic heterocycles. The van der Waals surface area contributed by atoms with Crippen molar-refractivity contribution in [2.75, 3.05) is 20.3 Å². The van der Waals surface area contributed by atoms with Crippen molar-refractivity contribution in [3.63, 3.8) is 0 Å². The fourth-order valence-corrected chi connectivity index (χ4v) is 1.59. The van der Waals surface area contributed by atoms with E-state index in [0.717, 1.165) is 12.0 Å². The number of ether oxygens (including phenoxy) is 2. The van der Waals surface area contributed by atoms with E-state index in [1.807, 2.05) is 30.3 Å². The molecule has 1 unspecified atom stereocenters. The van der Waals surface area contributed by atoms with Crippen LogP contribution in [0.2, 0.25) is 0 Å². The minimum atomic E-state index is -0.643. The summed E-state index contributed by atoms with van der Waals surface area (Å²) in [5, 5.41) is 5.19. The molecule has 0 saturated heterocycles. The molecular formula is C15H22N2O4. The third-order valence-electron chi connectivity index (χ3n) is 2.76. The van der Waals surface area contributed by atoms with Gasteiger partial charge in [0.15, 0.2) is 0 Å². The van der Waals surface area contributed by atoms with Gasteiger partial charge in [-0.15, -0.1) is 0 Å². The van der Waals surface area contributed by atoms with E-state index >= 15 is 0 Å². The van der Waals surface area contributed by atoms with Gasteiger partial charge in [-0.25, -0.2) is 4.79 Å². The van der Waals surface area contributed by atoms with Crippen LogP contribution in [0.1, 0.15) is 18.9 Å². The van der Waals surface area contributed by atoms with E-state index in [1.165, 1.54) is 0 Å². The van der Waals surface area contributed by atoms with Gasteiger partial charge in [0.25, 0.3) is 0 Å². The van der Waals surface area contributed by atoms with Crippen LogP contribution in [-0.2, 0) is 20.9 Å². The second-order valence-corrected chi connectivity index (χ2v) is 4.57. The van der Waals surface area contributed by atoms with E-state index in [0.29, 0.717) is 13.2 Å². The van der Waals surface area contributed by atoms with Crippen molar-refractivity contribution in [2.24, 2.45) is 0 Å². The minimum absolute atomic E-state index is 0.175. The summed E-state index contributed by atoms with van der Waals surface area (Å²) in [5.41, 5.74) is 0.893. The van der Waals surface area contributed by atoms with Crippen molar-refractivity contribution in [1.82, 2.24) is 10.6 Å². The van der Waals surface area contributed by atoms with Gasteiger partial charge in [0, 0.05) is 20.3 Å². The zero-order valence-electron chi connectivity index (χ0n) is 12.4. The van der Waals surface area contributed by atoms with Crippen LogP contribution < -0.4 is 10.6 Å². The Morgan fingerprint density at radius 3 is 2.62 bits per heavy atom. The number of carbonyl (C=O) groups excluding carboxylic acids is 2. The number of alkyl carbamates (subject to hydrolysis) is 1. The summed E-state index contributed by atoms with van der Waals surface area (Å²) in [4.78, 5) is 23.3. The average Bonchev–Trinajstić information content (AvgIpc) is 2.50. The van der Waals surface area contributed by atoms with Crippen molar-refractivity contribution in [3.05, 3.63) is 35.9 Å². The van der Waals surface area contributed by atoms with Gasteiger partial charge in [0.2, 0.25) is 5.91 Å². The topological polar surface area (TPSA) is 76.7 Å². The zero-order valence-corrected chi connectivity index (χ0v) is 12.4. The number of hydrogen-bond acceptors (Lipinski definition) is 4. The minimum Gasteiger partial charge on any atom is -0.445 e. The first-order chi connectivity index (χ1) is 10.1. The van der Waals surface area contributed by atoms with Crippen molar-refractivity contribution >= 4 is 12.0 Å². The molecule has 0 aliphatic heterocycles. The maximum absolute atomic E-state index is 11.7. The predicted octanol–water partition coefficient (Wildman–Crippen LogP) is 1.45. The first-order valence-electron chi connectivity index (χ1n) is 6.87. The van der Waals surface area contributed by atoms with Crippen LogP contribution in [0.25, 0.3) is 0 Å². The van der Waals surface area contributed by atoms with Gasteiger partial charge in [-0.05, 0) is 18.9 Å². The first kappa shape index (κ1) is 17.0. The van der Waals surface area contributed by atoms with E-state index in [1.54, 1.807) is 14.0 Å². The van der Waals surface area contributed by atoms with Gasteiger partial charge >= 0.3 is 6.09 Å². The van der Waals surface area contributed by atoms with Crippen molar-refractivity contribution in [2.45, 2.75) is 26.0 Å². The lowest BCUT2D eigenvalue weighted by atomic mass is 10.2. The molecule has 0 radical (unpaired) electrons. The molecule has 116 valence electrons. The van der Waals surface area contributed by atoms with Crippen LogP contribution >= 0.6 is 0 Å². The van der Waals surface area contributed by atoms with Crippen LogP contribution in [0.4, 0.5) is 4.79 Å². The molecule has 0 aliphatic carbocycles. The Balaban J connectivity index is 2.22. The summed E-state index contributed by atoms with van der Waals surface area (Å²) < 4.78 is 9.92. The summed E-state index contributed by atoms with van der Waals surface area (Å²) in [6.07, 6.45) is 0.117. The normalized spacial score (nSPS) is 11.5. The average molecular weight is 294 g/mol. The molecular weight excluding hydrogens is 272 g/mol. The highest BCUT2D eigenvalue weighted by Crippen LogP contribution is 2.00. The predicted molar refractivity (Wildman–Crippen MR) is 78.7 cm³/mol. The van der Waals surface area contributed by atoms with Crippen LogP contribution in [-0.4, -0.2) is 38.3 Å². The van der Waals surface area contributed by atoms with Gasteiger partial charge in [-0.3, -0.25) is 4.79 Å². The highest BCUT2D eigenvalue weighted by atomic mass is 16.5. The van der Waals surface area contributed by atoms with Gasteiger partial charge < -0.3 is 20.1 Å². The number of methoxy groups -OCH3 is 1. The van der Waals surface area contributed by atoms with Crippen molar-refractivity contribution in [1.29, 1.82) is 0 Å². The summed E-state index contributed by atoms with van der Waals surface area (Å²) in [6.45, 7) is 2.88. The number of rotatable bonds is 8. The van der Waals surface area contributed by atoms with Crippen LogP contribution in [0.3, 0.4) is 0 Å². The molecule has 0 spiro atoms. The molecule has 1 aromatic carbocycles. The zero-order chi connectivity index (χ0) is 15.5. The number of amides is 2. The Hall–Kier alpha value is -2.08. The molecule has 1 atom stereocenters. The first-order valence-corrected chi connectivity index (χ1v) is 6.87. The highest BCUT2D eigenvalue weighted by Gasteiger charge is 2.15. The summed E-state index contributed by atoms with van der Waals surface area (Å²) in [5.74, 6) is -0.247. The molecule has 0 bridgehead atoms. The van der Waals surface area contributed by atoms with E-state index in [-0.39, 0.29) is 12.5 Å². The Morgan fingerprint density at radius 1 is 1.24 bits per heavy atom. The molecule has 0 heterocycles. The highest BCUT2D eigenvalue weighted by molar-refractivity contribution is 5.85. The molecule has 21 heavy (non-hydrogen) atoms. The fourth-order valence-electron chi connectivity index (χ4n) is 1.59. The second-order valence-electron chi connectivity index (χ2n) is 4.57. The van der Waals surface area contributed by atoms with E-state index < -0.39 is 12.1 Å². The Morgan fingerprint density at radius 2 is 1.95 bits per heavy atom. The molecule has 6 heteroatoms. The Kier molecular flexibility index (Phi) is 7.89. The lowest BCUT2D eigenvalue weighted by Gasteiger charge is -2.14.